The van der Waals surface area contributed by atoms with Crippen LogP contribution in [0.15, 0.2) is 77.4 Å². The SMILES string of the molecule is O=C(NCc1cccc(Oc2ccccn2)c1)c1cccc(Br)c1. The Morgan fingerprint density at radius 3 is 2.71 bits per heavy atom. The minimum Gasteiger partial charge on any atom is -0.439 e. The third-order valence-corrected chi connectivity index (χ3v) is 3.79. The van der Waals surface area contributed by atoms with Crippen LogP contribution in [0.25, 0.3) is 0 Å². The van der Waals surface area contributed by atoms with Crippen LogP contribution in [0, 0.1) is 0 Å². The highest BCUT2D eigenvalue weighted by molar-refractivity contribution is 9.10. The maximum Gasteiger partial charge on any atom is 0.251 e. The van der Waals surface area contributed by atoms with Crippen molar-refractivity contribution in [2.24, 2.45) is 0 Å². The molecular weight excluding hydrogens is 368 g/mol. The van der Waals surface area contributed by atoms with Crippen molar-refractivity contribution < 1.29 is 9.53 Å². The minimum atomic E-state index is -0.118. The smallest absolute Gasteiger partial charge is 0.251 e. The molecule has 0 aliphatic heterocycles. The summed E-state index contributed by atoms with van der Waals surface area (Å²) in [4.78, 5) is 16.3. The summed E-state index contributed by atoms with van der Waals surface area (Å²) >= 11 is 3.37. The second-order valence-electron chi connectivity index (χ2n) is 5.11. The fraction of sp³-hybridized carbons (Fsp3) is 0.0526. The Balaban J connectivity index is 1.63. The van der Waals surface area contributed by atoms with E-state index in [1.165, 1.54) is 0 Å². The Kier molecular flexibility index (Phi) is 5.23. The van der Waals surface area contributed by atoms with Gasteiger partial charge >= 0.3 is 0 Å². The van der Waals surface area contributed by atoms with Gasteiger partial charge in [-0.25, -0.2) is 4.98 Å². The molecule has 3 aromatic rings. The maximum atomic E-state index is 12.2. The minimum absolute atomic E-state index is 0.118. The van der Waals surface area contributed by atoms with Crippen LogP contribution in [-0.4, -0.2) is 10.9 Å². The van der Waals surface area contributed by atoms with Gasteiger partial charge in [0.05, 0.1) is 0 Å². The van der Waals surface area contributed by atoms with Crippen molar-refractivity contribution in [1.29, 1.82) is 0 Å². The summed E-state index contributed by atoms with van der Waals surface area (Å²) in [6.45, 7) is 0.421. The molecule has 0 radical (unpaired) electrons. The molecule has 0 spiro atoms. The Hall–Kier alpha value is -2.66. The Bertz CT molecular complexity index is 838. The van der Waals surface area contributed by atoms with E-state index in [9.17, 15) is 4.79 Å². The molecule has 0 aliphatic rings. The van der Waals surface area contributed by atoms with Gasteiger partial charge < -0.3 is 10.1 Å². The standard InChI is InChI=1S/C19H15BrN2O2/c20-16-7-4-6-15(12-16)19(23)22-13-14-5-3-8-17(11-14)24-18-9-1-2-10-21-18/h1-12H,13H2,(H,22,23). The normalized spacial score (nSPS) is 10.2. The van der Waals surface area contributed by atoms with Gasteiger partial charge in [0.2, 0.25) is 5.88 Å². The van der Waals surface area contributed by atoms with E-state index in [4.69, 9.17) is 4.74 Å². The van der Waals surface area contributed by atoms with Crippen molar-refractivity contribution in [2.75, 3.05) is 0 Å². The molecule has 4 nitrogen and oxygen atoms in total. The molecule has 1 heterocycles. The zero-order valence-corrected chi connectivity index (χ0v) is 14.4. The number of carbonyl (C=O) groups excluding carboxylic acids is 1. The lowest BCUT2D eigenvalue weighted by molar-refractivity contribution is 0.0951. The highest BCUT2D eigenvalue weighted by atomic mass is 79.9. The quantitative estimate of drug-likeness (QED) is 0.703. The highest BCUT2D eigenvalue weighted by Gasteiger charge is 2.06. The molecule has 1 amide bonds. The van der Waals surface area contributed by atoms with Crippen LogP contribution in [0.3, 0.4) is 0 Å². The van der Waals surface area contributed by atoms with E-state index >= 15 is 0 Å². The van der Waals surface area contributed by atoms with Crippen LogP contribution in [0.2, 0.25) is 0 Å². The molecule has 2 aromatic carbocycles. The summed E-state index contributed by atoms with van der Waals surface area (Å²) in [5.41, 5.74) is 1.57. The molecule has 1 N–H and O–H groups in total. The third kappa shape index (κ3) is 4.43. The number of amides is 1. The van der Waals surface area contributed by atoms with Crippen LogP contribution >= 0.6 is 15.9 Å². The number of hydrogen-bond donors (Lipinski definition) is 1. The molecule has 0 bridgehead atoms. The van der Waals surface area contributed by atoms with Crippen LogP contribution in [0.1, 0.15) is 15.9 Å². The molecule has 0 atom stereocenters. The number of aromatic nitrogens is 1. The second kappa shape index (κ2) is 7.75. The van der Waals surface area contributed by atoms with Gasteiger partial charge in [-0.15, -0.1) is 0 Å². The zero-order chi connectivity index (χ0) is 16.8. The second-order valence-corrected chi connectivity index (χ2v) is 6.03. The number of halogens is 1. The summed E-state index contributed by atoms with van der Waals surface area (Å²) in [5.74, 6) is 1.10. The number of ether oxygens (including phenoxy) is 1. The van der Waals surface area contributed by atoms with Crippen LogP contribution in [0.4, 0.5) is 0 Å². The van der Waals surface area contributed by atoms with Gasteiger partial charge in [-0.05, 0) is 42.0 Å². The largest absolute Gasteiger partial charge is 0.439 e. The molecule has 5 heteroatoms. The number of rotatable bonds is 5. The molecule has 3 rings (SSSR count). The molecule has 0 unspecified atom stereocenters. The first-order chi connectivity index (χ1) is 11.7. The van der Waals surface area contributed by atoms with Gasteiger partial charge in [-0.2, -0.15) is 0 Å². The summed E-state index contributed by atoms with van der Waals surface area (Å²) in [6, 6.07) is 20.3. The first-order valence-corrected chi connectivity index (χ1v) is 8.21. The van der Waals surface area contributed by atoms with Crippen molar-refractivity contribution in [3.05, 3.63) is 88.5 Å². The molecule has 0 fully saturated rings. The number of hydrogen-bond acceptors (Lipinski definition) is 3. The lowest BCUT2D eigenvalue weighted by Crippen LogP contribution is -2.22. The monoisotopic (exact) mass is 382 g/mol. The van der Waals surface area contributed by atoms with E-state index in [1.54, 1.807) is 24.4 Å². The van der Waals surface area contributed by atoms with Crippen molar-refractivity contribution in [3.8, 4) is 11.6 Å². The third-order valence-electron chi connectivity index (χ3n) is 3.30. The molecule has 0 saturated heterocycles. The fourth-order valence-electron chi connectivity index (χ4n) is 2.16. The van der Waals surface area contributed by atoms with Gasteiger partial charge in [0.1, 0.15) is 5.75 Å². The van der Waals surface area contributed by atoms with E-state index in [0.717, 1.165) is 10.0 Å². The zero-order valence-electron chi connectivity index (χ0n) is 12.8. The molecule has 0 saturated carbocycles. The predicted octanol–water partition coefficient (Wildman–Crippen LogP) is 4.57. The number of pyridine rings is 1. The Morgan fingerprint density at radius 2 is 1.92 bits per heavy atom. The number of benzene rings is 2. The first-order valence-electron chi connectivity index (χ1n) is 7.42. The predicted molar refractivity (Wildman–Crippen MR) is 96.1 cm³/mol. The lowest BCUT2D eigenvalue weighted by atomic mass is 10.2. The van der Waals surface area contributed by atoms with Crippen LogP contribution in [-0.2, 0) is 6.54 Å². The van der Waals surface area contributed by atoms with Crippen LogP contribution < -0.4 is 10.1 Å². The van der Waals surface area contributed by atoms with Gasteiger partial charge in [-0.3, -0.25) is 4.79 Å². The molecular formula is C19H15BrN2O2. The number of nitrogens with one attached hydrogen (secondary N) is 1. The van der Waals surface area contributed by atoms with Crippen LogP contribution in [0.5, 0.6) is 11.6 Å². The molecule has 24 heavy (non-hydrogen) atoms. The molecule has 1 aromatic heterocycles. The van der Waals surface area contributed by atoms with Gasteiger partial charge in [0.25, 0.3) is 5.91 Å². The van der Waals surface area contributed by atoms with Gasteiger partial charge in [-0.1, -0.05) is 40.2 Å². The molecule has 120 valence electrons. The van der Waals surface area contributed by atoms with Crippen molar-refractivity contribution in [1.82, 2.24) is 10.3 Å². The van der Waals surface area contributed by atoms with E-state index in [2.05, 4.69) is 26.2 Å². The Labute approximate surface area is 148 Å². The summed E-state index contributed by atoms with van der Waals surface area (Å²) in [5, 5.41) is 2.90. The lowest BCUT2D eigenvalue weighted by Gasteiger charge is -2.08. The average Bonchev–Trinajstić information content (AvgIpc) is 2.61. The molecule has 0 aliphatic carbocycles. The Morgan fingerprint density at radius 1 is 1.04 bits per heavy atom. The van der Waals surface area contributed by atoms with Crippen molar-refractivity contribution >= 4 is 21.8 Å². The average molecular weight is 383 g/mol. The first kappa shape index (κ1) is 16.2. The summed E-state index contributed by atoms with van der Waals surface area (Å²) in [7, 11) is 0. The van der Waals surface area contributed by atoms with E-state index in [-0.39, 0.29) is 5.91 Å². The van der Waals surface area contributed by atoms with Gasteiger partial charge in [0.15, 0.2) is 0 Å². The van der Waals surface area contributed by atoms with E-state index < -0.39 is 0 Å². The topological polar surface area (TPSA) is 51.2 Å². The van der Waals surface area contributed by atoms with Crippen molar-refractivity contribution in [2.45, 2.75) is 6.54 Å². The number of nitrogens with zero attached hydrogens (tertiary/aromatic N) is 1. The van der Waals surface area contributed by atoms with E-state index in [1.807, 2.05) is 48.5 Å². The summed E-state index contributed by atoms with van der Waals surface area (Å²) < 4.78 is 6.57. The highest BCUT2D eigenvalue weighted by Crippen LogP contribution is 2.20. The fourth-order valence-corrected chi connectivity index (χ4v) is 2.56. The van der Waals surface area contributed by atoms with E-state index in [0.29, 0.717) is 23.7 Å². The van der Waals surface area contributed by atoms with Gasteiger partial charge in [0, 0.05) is 28.8 Å². The number of carbonyl (C=O) groups is 1. The van der Waals surface area contributed by atoms with Crippen molar-refractivity contribution in [3.63, 3.8) is 0 Å². The summed E-state index contributed by atoms with van der Waals surface area (Å²) in [6.07, 6.45) is 1.68. The maximum absolute atomic E-state index is 12.2.